The molecule has 0 bridgehead atoms. The molecule has 0 fully saturated rings. The van der Waals surface area contributed by atoms with Crippen molar-refractivity contribution < 1.29 is 19.1 Å². The molecule has 1 aromatic heterocycles. The molecule has 0 saturated carbocycles. The zero-order chi connectivity index (χ0) is 28.8. The summed E-state index contributed by atoms with van der Waals surface area (Å²) >= 11 is 7.32. The number of nitrogens with one attached hydrogen (secondary N) is 2. The van der Waals surface area contributed by atoms with Gasteiger partial charge in [0.05, 0.1) is 31.1 Å². The number of carbonyl (C=O) groups is 2. The number of nitrogens with zero attached hydrogens (tertiary/aromatic N) is 2. The van der Waals surface area contributed by atoms with Crippen LogP contribution >= 0.6 is 22.9 Å². The molecule has 0 saturated heterocycles. The number of para-hydroxylation sites is 1. The fraction of sp³-hybridized carbons (Fsp3) is 0.133. The second kappa shape index (κ2) is 10.4. The monoisotopic (exact) mass is 586 g/mol. The minimum atomic E-state index is -0.909. The smallest absolute Gasteiger partial charge is 0.271 e. The topological polar surface area (TPSA) is 111 Å². The third-order valence-corrected chi connectivity index (χ3v) is 8.25. The average molecular weight is 587 g/mol. The number of amides is 2. The van der Waals surface area contributed by atoms with Crippen molar-refractivity contribution >= 4 is 51.7 Å². The first-order valence-corrected chi connectivity index (χ1v) is 13.7. The summed E-state index contributed by atoms with van der Waals surface area (Å²) in [5, 5.41) is 6.16. The summed E-state index contributed by atoms with van der Waals surface area (Å²) in [5.41, 5.74) is 2.68. The van der Waals surface area contributed by atoms with E-state index in [1.54, 1.807) is 62.6 Å². The van der Waals surface area contributed by atoms with Crippen LogP contribution in [0.4, 0.5) is 11.4 Å². The fourth-order valence-electron chi connectivity index (χ4n) is 5.09. The molecule has 1 atom stereocenters. The van der Waals surface area contributed by atoms with Crippen LogP contribution in [0.15, 0.2) is 87.8 Å². The van der Waals surface area contributed by atoms with Gasteiger partial charge in [0.25, 0.3) is 17.4 Å². The van der Waals surface area contributed by atoms with Gasteiger partial charge in [0.2, 0.25) is 0 Å². The SMILES string of the molecule is COc1ccc([C@H]2C(C(=O)Nc3ccccc3)=C(C)N=c3s/c(=C4\C(=O)Nc5ccc(Cl)cc54)c(=O)n32)c(OC)c1. The van der Waals surface area contributed by atoms with Gasteiger partial charge in [-0.1, -0.05) is 41.1 Å². The van der Waals surface area contributed by atoms with E-state index in [2.05, 4.69) is 15.6 Å². The molecule has 6 rings (SSSR count). The fourth-order valence-corrected chi connectivity index (χ4v) is 6.40. The summed E-state index contributed by atoms with van der Waals surface area (Å²) in [6.45, 7) is 1.72. The van der Waals surface area contributed by atoms with Crippen LogP contribution in [-0.2, 0) is 9.59 Å². The van der Waals surface area contributed by atoms with Crippen LogP contribution in [0.5, 0.6) is 11.5 Å². The zero-order valence-electron chi connectivity index (χ0n) is 22.2. The standard InChI is InChI=1S/C30H23ClN4O5S/c1-15-23(27(36)33-17-7-5-4-6-8-17)25(19-11-10-18(39-2)14-22(19)40-3)35-29(38)26(41-30(35)32-15)24-20-13-16(31)9-12-21(20)34-28(24)37/h4-14,25H,1-3H3,(H,33,36)(H,34,37)/b26-24-/t25-/m0/s1. The highest BCUT2D eigenvalue weighted by molar-refractivity contribution is 7.07. The van der Waals surface area contributed by atoms with Crippen molar-refractivity contribution in [3.05, 3.63) is 114 Å². The first kappa shape index (κ1) is 26.5. The Morgan fingerprint density at radius 1 is 1.05 bits per heavy atom. The Bertz CT molecular complexity index is 1960. The van der Waals surface area contributed by atoms with Gasteiger partial charge in [0, 0.05) is 33.6 Å². The number of aromatic nitrogens is 1. The lowest BCUT2D eigenvalue weighted by molar-refractivity contribution is -0.113. The van der Waals surface area contributed by atoms with Crippen LogP contribution < -0.4 is 35.0 Å². The van der Waals surface area contributed by atoms with Crippen molar-refractivity contribution in [2.75, 3.05) is 24.9 Å². The molecule has 3 heterocycles. The third-order valence-electron chi connectivity index (χ3n) is 6.96. The number of hydrogen-bond acceptors (Lipinski definition) is 7. The molecule has 0 spiro atoms. The molecule has 0 radical (unpaired) electrons. The van der Waals surface area contributed by atoms with E-state index in [0.29, 0.717) is 49.5 Å². The summed E-state index contributed by atoms with van der Waals surface area (Å²) in [7, 11) is 3.05. The van der Waals surface area contributed by atoms with E-state index >= 15 is 0 Å². The number of anilines is 2. The number of allylic oxidation sites excluding steroid dienone is 1. The number of thiazole rings is 1. The molecular formula is C30H23ClN4O5S. The maximum absolute atomic E-state index is 14.2. The van der Waals surface area contributed by atoms with E-state index in [1.807, 2.05) is 18.2 Å². The Labute approximate surface area is 243 Å². The number of halogens is 1. The van der Waals surface area contributed by atoms with E-state index in [9.17, 15) is 14.4 Å². The first-order valence-electron chi connectivity index (χ1n) is 12.6. The van der Waals surface area contributed by atoms with Crippen LogP contribution in [0.3, 0.4) is 0 Å². The predicted octanol–water partition coefficient (Wildman–Crippen LogP) is 3.87. The molecular weight excluding hydrogens is 564 g/mol. The Hall–Kier alpha value is -4.67. The van der Waals surface area contributed by atoms with Crippen LogP contribution in [-0.4, -0.2) is 30.6 Å². The third kappa shape index (κ3) is 4.51. The zero-order valence-corrected chi connectivity index (χ0v) is 23.7. The number of ether oxygens (including phenoxy) is 2. The van der Waals surface area contributed by atoms with Gasteiger partial charge >= 0.3 is 0 Å². The van der Waals surface area contributed by atoms with Crippen molar-refractivity contribution in [3.63, 3.8) is 0 Å². The summed E-state index contributed by atoms with van der Waals surface area (Å²) in [6, 6.07) is 18.3. The van der Waals surface area contributed by atoms with Crippen LogP contribution in [0.1, 0.15) is 24.1 Å². The Balaban J connectivity index is 1.62. The number of methoxy groups -OCH3 is 2. The molecule has 0 aliphatic carbocycles. The number of fused-ring (bicyclic) bond motifs is 2. The van der Waals surface area contributed by atoms with Crippen molar-refractivity contribution in [1.29, 1.82) is 0 Å². The average Bonchev–Trinajstić information content (AvgIpc) is 3.46. The Kier molecular flexibility index (Phi) is 6.72. The summed E-state index contributed by atoms with van der Waals surface area (Å²) < 4.78 is 12.7. The van der Waals surface area contributed by atoms with Gasteiger partial charge in [-0.2, -0.15) is 0 Å². The molecule has 2 aliphatic rings. The van der Waals surface area contributed by atoms with Crippen LogP contribution in [0, 0.1) is 0 Å². The summed E-state index contributed by atoms with van der Waals surface area (Å²) in [4.78, 5) is 46.2. The molecule has 9 nitrogen and oxygen atoms in total. The van der Waals surface area contributed by atoms with E-state index in [-0.39, 0.29) is 15.7 Å². The van der Waals surface area contributed by atoms with E-state index < -0.39 is 23.4 Å². The number of benzene rings is 3. The van der Waals surface area contributed by atoms with Gasteiger partial charge in [-0.25, -0.2) is 4.99 Å². The lowest BCUT2D eigenvalue weighted by atomic mass is 9.94. The van der Waals surface area contributed by atoms with Crippen LogP contribution in [0.2, 0.25) is 5.02 Å². The van der Waals surface area contributed by atoms with Gasteiger partial charge in [-0.3, -0.25) is 19.0 Å². The van der Waals surface area contributed by atoms with Gasteiger partial charge in [0.1, 0.15) is 22.1 Å². The molecule has 0 unspecified atom stereocenters. The normalized spacial score (nSPS) is 16.9. The van der Waals surface area contributed by atoms with Crippen molar-refractivity contribution in [2.45, 2.75) is 13.0 Å². The highest BCUT2D eigenvalue weighted by atomic mass is 35.5. The number of hydrogen-bond donors (Lipinski definition) is 2. The largest absolute Gasteiger partial charge is 0.497 e. The molecule has 206 valence electrons. The van der Waals surface area contributed by atoms with Gasteiger partial charge in [0.15, 0.2) is 4.80 Å². The van der Waals surface area contributed by atoms with Gasteiger partial charge in [-0.05, 0) is 49.4 Å². The molecule has 2 aliphatic heterocycles. The van der Waals surface area contributed by atoms with Gasteiger partial charge < -0.3 is 20.1 Å². The maximum Gasteiger partial charge on any atom is 0.271 e. The minimum Gasteiger partial charge on any atom is -0.497 e. The molecule has 2 N–H and O–H groups in total. The second-order valence-corrected chi connectivity index (χ2v) is 10.8. The van der Waals surface area contributed by atoms with E-state index in [1.165, 1.54) is 11.7 Å². The molecule has 4 aromatic rings. The van der Waals surface area contributed by atoms with Crippen molar-refractivity contribution in [1.82, 2.24) is 4.57 Å². The molecule has 3 aromatic carbocycles. The highest BCUT2D eigenvalue weighted by Crippen LogP contribution is 2.38. The van der Waals surface area contributed by atoms with E-state index in [4.69, 9.17) is 21.1 Å². The summed E-state index contributed by atoms with van der Waals surface area (Å²) in [6.07, 6.45) is 0. The quantitative estimate of drug-likeness (QED) is 0.369. The molecule has 11 heteroatoms. The Morgan fingerprint density at radius 3 is 2.56 bits per heavy atom. The maximum atomic E-state index is 14.2. The molecule has 2 amide bonds. The number of carbonyl (C=O) groups excluding carboxylic acids is 2. The van der Waals surface area contributed by atoms with E-state index in [0.717, 1.165) is 11.3 Å². The lowest BCUT2D eigenvalue weighted by Crippen LogP contribution is -2.41. The molecule has 41 heavy (non-hydrogen) atoms. The first-order chi connectivity index (χ1) is 19.8. The predicted molar refractivity (Wildman–Crippen MR) is 157 cm³/mol. The summed E-state index contributed by atoms with van der Waals surface area (Å²) in [5.74, 6) is 0.133. The van der Waals surface area contributed by atoms with Crippen LogP contribution in [0.25, 0.3) is 5.57 Å². The van der Waals surface area contributed by atoms with Crippen molar-refractivity contribution in [2.24, 2.45) is 4.99 Å². The van der Waals surface area contributed by atoms with Gasteiger partial charge in [-0.15, -0.1) is 0 Å². The second-order valence-electron chi connectivity index (χ2n) is 9.35. The Morgan fingerprint density at radius 2 is 1.83 bits per heavy atom. The van der Waals surface area contributed by atoms with Crippen molar-refractivity contribution in [3.8, 4) is 11.5 Å². The number of rotatable bonds is 5. The minimum absolute atomic E-state index is 0.192. The lowest BCUT2D eigenvalue weighted by Gasteiger charge is -2.26. The highest BCUT2D eigenvalue weighted by Gasteiger charge is 2.36.